The fourth-order valence-electron chi connectivity index (χ4n) is 1.52. The first-order chi connectivity index (χ1) is 9.06. The molecule has 98 valence electrons. The largest absolute Gasteiger partial charge is 0.363 e. The highest BCUT2D eigenvalue weighted by Crippen LogP contribution is 2.12. The maximum absolute atomic E-state index is 12.7. The maximum Gasteiger partial charge on any atom is 0.257 e. The summed E-state index contributed by atoms with van der Waals surface area (Å²) in [4.78, 5) is 17.9. The Bertz CT molecular complexity index is 564. The Morgan fingerprint density at radius 1 is 1.16 bits per heavy atom. The number of carbonyl (C=O) groups is 1. The van der Waals surface area contributed by atoms with Crippen LogP contribution in [-0.4, -0.2) is 25.0 Å². The van der Waals surface area contributed by atoms with E-state index in [1.54, 1.807) is 12.1 Å². The maximum atomic E-state index is 12.7. The monoisotopic (exact) mass is 259 g/mol. The number of pyridine rings is 1. The van der Waals surface area contributed by atoms with E-state index in [2.05, 4.69) is 10.3 Å². The number of hydrogen-bond acceptors (Lipinski definition) is 3. The Hall–Kier alpha value is -2.43. The van der Waals surface area contributed by atoms with Gasteiger partial charge in [-0.1, -0.05) is 0 Å². The molecule has 0 bridgehead atoms. The standard InChI is InChI=1S/C14H14FN3O/c1-18(2)13-8-3-10(9-16-13)14(19)17-12-6-4-11(15)5-7-12/h3-9H,1-2H3,(H,17,19). The highest BCUT2D eigenvalue weighted by molar-refractivity contribution is 6.04. The van der Waals surface area contributed by atoms with Gasteiger partial charge in [0.2, 0.25) is 0 Å². The molecule has 0 spiro atoms. The molecule has 1 amide bonds. The Morgan fingerprint density at radius 2 is 1.84 bits per heavy atom. The molecule has 1 aromatic heterocycles. The lowest BCUT2D eigenvalue weighted by Crippen LogP contribution is -2.14. The molecule has 0 aliphatic heterocycles. The van der Waals surface area contributed by atoms with Crippen LogP contribution in [0.4, 0.5) is 15.9 Å². The van der Waals surface area contributed by atoms with Crippen molar-refractivity contribution in [2.45, 2.75) is 0 Å². The lowest BCUT2D eigenvalue weighted by atomic mass is 10.2. The SMILES string of the molecule is CN(C)c1ccc(C(=O)Nc2ccc(F)cc2)cn1. The molecule has 0 aliphatic carbocycles. The van der Waals surface area contributed by atoms with E-state index in [-0.39, 0.29) is 11.7 Å². The van der Waals surface area contributed by atoms with Crippen molar-refractivity contribution in [2.75, 3.05) is 24.3 Å². The molecule has 1 aromatic carbocycles. The fraction of sp³-hybridized carbons (Fsp3) is 0.143. The Labute approximate surface area is 110 Å². The third kappa shape index (κ3) is 3.28. The van der Waals surface area contributed by atoms with E-state index < -0.39 is 0 Å². The van der Waals surface area contributed by atoms with Crippen molar-refractivity contribution in [1.82, 2.24) is 4.98 Å². The second-order valence-electron chi connectivity index (χ2n) is 4.26. The number of amides is 1. The average molecular weight is 259 g/mol. The van der Waals surface area contributed by atoms with Gasteiger partial charge in [-0.05, 0) is 36.4 Å². The summed E-state index contributed by atoms with van der Waals surface area (Å²) in [6, 6.07) is 9.07. The highest BCUT2D eigenvalue weighted by atomic mass is 19.1. The lowest BCUT2D eigenvalue weighted by Gasteiger charge is -2.11. The van der Waals surface area contributed by atoms with Crippen LogP contribution in [0.15, 0.2) is 42.6 Å². The van der Waals surface area contributed by atoms with Crippen molar-refractivity contribution in [2.24, 2.45) is 0 Å². The molecule has 0 aliphatic rings. The summed E-state index contributed by atoms with van der Waals surface area (Å²) in [7, 11) is 3.75. The number of carbonyl (C=O) groups excluding carboxylic acids is 1. The molecule has 0 radical (unpaired) electrons. The second-order valence-corrected chi connectivity index (χ2v) is 4.26. The molecule has 2 aromatic rings. The van der Waals surface area contributed by atoms with E-state index in [0.717, 1.165) is 5.82 Å². The topological polar surface area (TPSA) is 45.2 Å². The number of nitrogens with zero attached hydrogens (tertiary/aromatic N) is 2. The van der Waals surface area contributed by atoms with Crippen LogP contribution in [0.2, 0.25) is 0 Å². The van der Waals surface area contributed by atoms with Gasteiger partial charge in [0, 0.05) is 26.0 Å². The van der Waals surface area contributed by atoms with Crippen molar-refractivity contribution in [3.8, 4) is 0 Å². The molecule has 0 saturated heterocycles. The minimum absolute atomic E-state index is 0.274. The van der Waals surface area contributed by atoms with Gasteiger partial charge < -0.3 is 10.2 Å². The summed E-state index contributed by atoms with van der Waals surface area (Å²) < 4.78 is 12.7. The molecule has 4 nitrogen and oxygen atoms in total. The Kier molecular flexibility index (Phi) is 3.75. The van der Waals surface area contributed by atoms with Gasteiger partial charge in [0.25, 0.3) is 5.91 Å². The number of benzene rings is 1. The number of rotatable bonds is 3. The summed E-state index contributed by atoms with van der Waals surface area (Å²) in [5.74, 6) is 0.165. The van der Waals surface area contributed by atoms with E-state index in [4.69, 9.17) is 0 Å². The average Bonchev–Trinajstić information content (AvgIpc) is 2.41. The predicted molar refractivity (Wildman–Crippen MR) is 72.9 cm³/mol. The Morgan fingerprint density at radius 3 is 2.37 bits per heavy atom. The molecule has 1 N–H and O–H groups in total. The van der Waals surface area contributed by atoms with Gasteiger partial charge >= 0.3 is 0 Å². The van der Waals surface area contributed by atoms with Gasteiger partial charge in [-0.2, -0.15) is 0 Å². The van der Waals surface area contributed by atoms with Crippen molar-refractivity contribution < 1.29 is 9.18 Å². The summed E-state index contributed by atoms with van der Waals surface area (Å²) >= 11 is 0. The number of anilines is 2. The summed E-state index contributed by atoms with van der Waals surface area (Å²) in [5.41, 5.74) is 0.998. The summed E-state index contributed by atoms with van der Waals surface area (Å²) in [6.45, 7) is 0. The van der Waals surface area contributed by atoms with Gasteiger partial charge in [-0.25, -0.2) is 9.37 Å². The van der Waals surface area contributed by atoms with E-state index >= 15 is 0 Å². The number of nitrogens with one attached hydrogen (secondary N) is 1. The normalized spacial score (nSPS) is 10.1. The first-order valence-electron chi connectivity index (χ1n) is 5.76. The van der Waals surface area contributed by atoms with Crippen LogP contribution >= 0.6 is 0 Å². The van der Waals surface area contributed by atoms with E-state index in [0.29, 0.717) is 11.3 Å². The first kappa shape index (κ1) is 13.0. The van der Waals surface area contributed by atoms with E-state index in [1.807, 2.05) is 19.0 Å². The molecular weight excluding hydrogens is 245 g/mol. The van der Waals surface area contributed by atoms with Crippen LogP contribution < -0.4 is 10.2 Å². The van der Waals surface area contributed by atoms with Crippen LogP contribution in [0.25, 0.3) is 0 Å². The molecular formula is C14H14FN3O. The van der Waals surface area contributed by atoms with Gasteiger partial charge in [0.15, 0.2) is 0 Å². The summed E-state index contributed by atoms with van der Waals surface area (Å²) in [6.07, 6.45) is 1.51. The van der Waals surface area contributed by atoms with Crippen molar-refractivity contribution in [3.05, 3.63) is 54.0 Å². The van der Waals surface area contributed by atoms with Gasteiger partial charge in [-0.15, -0.1) is 0 Å². The van der Waals surface area contributed by atoms with Crippen molar-refractivity contribution in [3.63, 3.8) is 0 Å². The van der Waals surface area contributed by atoms with Crippen molar-refractivity contribution in [1.29, 1.82) is 0 Å². The number of halogens is 1. The zero-order valence-electron chi connectivity index (χ0n) is 10.7. The predicted octanol–water partition coefficient (Wildman–Crippen LogP) is 2.54. The third-order valence-corrected chi connectivity index (χ3v) is 2.57. The van der Waals surface area contributed by atoms with Gasteiger partial charge in [0.1, 0.15) is 11.6 Å². The van der Waals surface area contributed by atoms with Crippen molar-refractivity contribution >= 4 is 17.4 Å². The van der Waals surface area contributed by atoms with Crippen LogP contribution in [-0.2, 0) is 0 Å². The zero-order chi connectivity index (χ0) is 13.8. The number of aromatic nitrogens is 1. The van der Waals surface area contributed by atoms with Crippen LogP contribution in [0, 0.1) is 5.82 Å². The molecule has 0 atom stereocenters. The minimum atomic E-state index is -0.338. The molecule has 5 heteroatoms. The summed E-state index contributed by atoms with van der Waals surface area (Å²) in [5, 5.41) is 2.67. The quantitative estimate of drug-likeness (QED) is 0.921. The van der Waals surface area contributed by atoms with Crippen LogP contribution in [0.1, 0.15) is 10.4 Å². The number of hydrogen-bond donors (Lipinski definition) is 1. The second kappa shape index (κ2) is 5.48. The lowest BCUT2D eigenvalue weighted by molar-refractivity contribution is 0.102. The van der Waals surface area contributed by atoms with Gasteiger partial charge in [0.05, 0.1) is 5.56 Å². The van der Waals surface area contributed by atoms with Crippen LogP contribution in [0.3, 0.4) is 0 Å². The molecule has 19 heavy (non-hydrogen) atoms. The highest BCUT2D eigenvalue weighted by Gasteiger charge is 2.07. The van der Waals surface area contributed by atoms with E-state index in [9.17, 15) is 9.18 Å². The molecule has 0 saturated carbocycles. The zero-order valence-corrected chi connectivity index (χ0v) is 10.7. The molecule has 0 fully saturated rings. The molecule has 2 rings (SSSR count). The third-order valence-electron chi connectivity index (χ3n) is 2.57. The van der Waals surface area contributed by atoms with Crippen LogP contribution in [0.5, 0.6) is 0 Å². The first-order valence-corrected chi connectivity index (χ1v) is 5.76. The fourth-order valence-corrected chi connectivity index (χ4v) is 1.52. The molecule has 1 heterocycles. The smallest absolute Gasteiger partial charge is 0.257 e. The van der Waals surface area contributed by atoms with Gasteiger partial charge in [-0.3, -0.25) is 4.79 Å². The Balaban J connectivity index is 2.09. The minimum Gasteiger partial charge on any atom is -0.363 e. The molecule has 0 unspecified atom stereocenters. The van der Waals surface area contributed by atoms with E-state index in [1.165, 1.54) is 30.5 Å².